The van der Waals surface area contributed by atoms with E-state index in [1.807, 2.05) is 0 Å². The van der Waals surface area contributed by atoms with Gasteiger partial charge in [0.1, 0.15) is 0 Å². The Morgan fingerprint density at radius 3 is 1.40 bits per heavy atom. The molecule has 0 saturated heterocycles. The van der Waals surface area contributed by atoms with Gasteiger partial charge >= 0.3 is 22.1 Å². The third-order valence-electron chi connectivity index (χ3n) is 6.01. The maximum absolute atomic E-state index is 11.6. The van der Waals surface area contributed by atoms with Crippen molar-refractivity contribution < 1.29 is 32.0 Å². The van der Waals surface area contributed by atoms with Crippen LogP contribution in [0.5, 0.6) is 0 Å². The second kappa shape index (κ2) is 23.0. The van der Waals surface area contributed by atoms with E-state index in [0.717, 1.165) is 31.4 Å². The topological polar surface area (TPSA) is 107 Å². The molecule has 35 heavy (non-hydrogen) atoms. The van der Waals surface area contributed by atoms with E-state index < -0.39 is 27.5 Å². The molecule has 0 heterocycles. The van der Waals surface area contributed by atoms with Gasteiger partial charge in [-0.25, -0.2) is 9.59 Å². The number of hydrogen-bond acceptors (Lipinski definition) is 6. The number of rotatable bonds is 24. The third-order valence-corrected chi connectivity index (χ3v) is 7.10. The van der Waals surface area contributed by atoms with Crippen LogP contribution in [0, 0.1) is 0 Å². The molecule has 1 N–H and O–H groups in total. The monoisotopic (exact) mass is 518 g/mol. The molecule has 0 amide bonds. The van der Waals surface area contributed by atoms with Crippen molar-refractivity contribution in [3.05, 3.63) is 12.2 Å². The molecule has 1 atom stereocenters. The molecule has 0 aromatic carbocycles. The summed E-state index contributed by atoms with van der Waals surface area (Å²) in [5, 5.41) is 0. The largest absolute Gasteiger partial charge is 0.463 e. The van der Waals surface area contributed by atoms with Gasteiger partial charge in [-0.3, -0.25) is 4.55 Å². The summed E-state index contributed by atoms with van der Waals surface area (Å²) in [5.74, 6) is -1.71. The first-order chi connectivity index (χ1) is 16.8. The van der Waals surface area contributed by atoms with Crippen LogP contribution in [0.15, 0.2) is 12.2 Å². The second-order valence-corrected chi connectivity index (χ2v) is 10.9. The van der Waals surface area contributed by atoms with Gasteiger partial charge in [0.05, 0.1) is 6.61 Å². The Labute approximate surface area is 214 Å². The van der Waals surface area contributed by atoms with Crippen molar-refractivity contribution >= 4 is 22.1 Å². The van der Waals surface area contributed by atoms with Gasteiger partial charge in [-0.1, -0.05) is 123 Å². The van der Waals surface area contributed by atoms with Crippen LogP contribution >= 0.6 is 0 Å². The van der Waals surface area contributed by atoms with Gasteiger partial charge in [0.2, 0.25) is 5.44 Å². The van der Waals surface area contributed by atoms with Crippen LogP contribution < -0.4 is 0 Å². The van der Waals surface area contributed by atoms with E-state index in [1.54, 1.807) is 0 Å². The van der Waals surface area contributed by atoms with Gasteiger partial charge in [-0.2, -0.15) is 8.42 Å². The van der Waals surface area contributed by atoms with E-state index in [9.17, 15) is 18.0 Å². The quantitative estimate of drug-likeness (QED) is 0.0618. The minimum atomic E-state index is -4.48. The Kier molecular flexibility index (Phi) is 22.1. The minimum absolute atomic E-state index is 0.0950. The Hall–Kier alpha value is -1.41. The fourth-order valence-electron chi connectivity index (χ4n) is 3.88. The van der Waals surface area contributed by atoms with Gasteiger partial charge < -0.3 is 9.47 Å². The number of ether oxygens (including phenoxy) is 2. The molecule has 1 unspecified atom stereocenters. The summed E-state index contributed by atoms with van der Waals surface area (Å²) in [6.07, 6.45) is 24.8. The molecule has 0 aliphatic carbocycles. The van der Waals surface area contributed by atoms with Crippen LogP contribution in [0.3, 0.4) is 0 Å². The van der Waals surface area contributed by atoms with Gasteiger partial charge in [0.15, 0.2) is 0 Å². The standard InChI is InChI=1S/C27H50O7S/c1-3-5-6-7-8-9-10-11-12-13-14-15-16-17-18-19-20-21-24-33-25(28)22-23-26(29)34-27(4-2)35(30,31)32/h22-23,27H,3-21,24H2,1-2H3,(H,30,31,32). The highest BCUT2D eigenvalue weighted by Gasteiger charge is 2.24. The summed E-state index contributed by atoms with van der Waals surface area (Å²) < 4.78 is 40.5. The molecule has 0 aromatic heterocycles. The maximum atomic E-state index is 11.6. The SMILES string of the molecule is CCCCCCCCCCCCCCCCCCCCOC(=O)C=CC(=O)OC(CC)S(=O)(=O)O. The Morgan fingerprint density at radius 1 is 0.657 bits per heavy atom. The number of esters is 2. The molecule has 0 radical (unpaired) electrons. The fourth-order valence-corrected chi connectivity index (χ4v) is 4.52. The highest BCUT2D eigenvalue weighted by atomic mass is 32.2. The van der Waals surface area contributed by atoms with Crippen molar-refractivity contribution in [3.63, 3.8) is 0 Å². The number of unbranched alkanes of at least 4 members (excludes halogenated alkanes) is 17. The Bertz CT molecular complexity index is 658. The van der Waals surface area contributed by atoms with Gasteiger partial charge in [-0.05, 0) is 12.8 Å². The number of hydrogen-bond donors (Lipinski definition) is 1. The van der Waals surface area contributed by atoms with Crippen molar-refractivity contribution in [3.8, 4) is 0 Å². The summed E-state index contributed by atoms with van der Waals surface area (Å²) in [6, 6.07) is 0. The molecule has 8 heteroatoms. The average Bonchev–Trinajstić information content (AvgIpc) is 2.81. The normalized spacial score (nSPS) is 12.7. The summed E-state index contributed by atoms with van der Waals surface area (Å²) in [5.41, 5.74) is -1.64. The molecular formula is C27H50O7S. The summed E-state index contributed by atoms with van der Waals surface area (Å²) in [4.78, 5) is 23.1. The van der Waals surface area contributed by atoms with E-state index >= 15 is 0 Å². The highest BCUT2D eigenvalue weighted by Crippen LogP contribution is 2.14. The zero-order valence-electron chi connectivity index (χ0n) is 22.2. The molecule has 0 rings (SSSR count). The smallest absolute Gasteiger partial charge is 0.332 e. The molecule has 0 aliphatic heterocycles. The molecule has 0 bridgehead atoms. The lowest BCUT2D eigenvalue weighted by molar-refractivity contribution is -0.141. The molecule has 0 aliphatic rings. The predicted molar refractivity (Wildman–Crippen MR) is 141 cm³/mol. The van der Waals surface area contributed by atoms with Gasteiger partial charge in [-0.15, -0.1) is 0 Å². The summed E-state index contributed by atoms with van der Waals surface area (Å²) >= 11 is 0. The minimum Gasteiger partial charge on any atom is -0.463 e. The van der Waals surface area contributed by atoms with Crippen LogP contribution in [-0.2, 0) is 29.2 Å². The lowest BCUT2D eigenvalue weighted by Crippen LogP contribution is -2.25. The molecule has 0 aromatic rings. The van der Waals surface area contributed by atoms with Crippen molar-refractivity contribution in [2.75, 3.05) is 6.61 Å². The van der Waals surface area contributed by atoms with Gasteiger partial charge in [0.25, 0.3) is 0 Å². The first-order valence-electron chi connectivity index (χ1n) is 13.8. The van der Waals surface area contributed by atoms with E-state index in [2.05, 4.69) is 11.7 Å². The lowest BCUT2D eigenvalue weighted by Gasteiger charge is -2.10. The number of carbonyl (C=O) groups is 2. The average molecular weight is 519 g/mol. The predicted octanol–water partition coefficient (Wildman–Crippen LogP) is 7.29. The van der Waals surface area contributed by atoms with Crippen LogP contribution in [-0.4, -0.2) is 37.0 Å². The van der Waals surface area contributed by atoms with E-state index in [1.165, 1.54) is 103 Å². The van der Waals surface area contributed by atoms with Crippen molar-refractivity contribution in [1.82, 2.24) is 0 Å². The van der Waals surface area contributed by atoms with Crippen LogP contribution in [0.4, 0.5) is 0 Å². The maximum Gasteiger partial charge on any atom is 0.332 e. The zero-order chi connectivity index (χ0) is 26.2. The molecule has 0 fully saturated rings. The molecule has 7 nitrogen and oxygen atoms in total. The molecule has 206 valence electrons. The first kappa shape index (κ1) is 33.6. The summed E-state index contributed by atoms with van der Waals surface area (Å²) in [7, 11) is -4.48. The van der Waals surface area contributed by atoms with Crippen molar-refractivity contribution in [2.24, 2.45) is 0 Å². The van der Waals surface area contributed by atoms with Crippen molar-refractivity contribution in [1.29, 1.82) is 0 Å². The van der Waals surface area contributed by atoms with E-state index in [-0.39, 0.29) is 13.0 Å². The zero-order valence-corrected chi connectivity index (χ0v) is 23.0. The lowest BCUT2D eigenvalue weighted by atomic mass is 10.0. The molecular weight excluding hydrogens is 468 g/mol. The third kappa shape index (κ3) is 22.8. The van der Waals surface area contributed by atoms with Gasteiger partial charge in [0, 0.05) is 12.2 Å². The highest BCUT2D eigenvalue weighted by molar-refractivity contribution is 7.86. The van der Waals surface area contributed by atoms with Crippen LogP contribution in [0.2, 0.25) is 0 Å². The first-order valence-corrected chi connectivity index (χ1v) is 15.3. The number of carbonyl (C=O) groups excluding carboxylic acids is 2. The molecule has 0 spiro atoms. The van der Waals surface area contributed by atoms with Crippen LogP contribution in [0.1, 0.15) is 136 Å². The molecule has 0 saturated carbocycles. The fraction of sp³-hybridized carbons (Fsp3) is 0.852. The Morgan fingerprint density at radius 2 is 1.03 bits per heavy atom. The van der Waals surface area contributed by atoms with E-state index in [0.29, 0.717) is 0 Å². The van der Waals surface area contributed by atoms with Crippen LogP contribution in [0.25, 0.3) is 0 Å². The van der Waals surface area contributed by atoms with Crippen molar-refractivity contribution in [2.45, 2.75) is 141 Å². The van der Waals surface area contributed by atoms with E-state index in [4.69, 9.17) is 9.29 Å². The summed E-state index contributed by atoms with van der Waals surface area (Å²) in [6.45, 7) is 3.99. The second-order valence-electron chi connectivity index (χ2n) is 9.30. The Balaban J connectivity index is 3.46.